The molecule has 2 aromatic heterocycles. The van der Waals surface area contributed by atoms with Crippen molar-refractivity contribution in [3.63, 3.8) is 0 Å². The molecule has 0 unspecified atom stereocenters. The molecule has 2 saturated carbocycles. The number of aromatic nitrogens is 2. The van der Waals surface area contributed by atoms with E-state index in [2.05, 4.69) is 11.1 Å². The number of carbonyl (C=O) groups is 2. The Labute approximate surface area is 299 Å². The van der Waals surface area contributed by atoms with Crippen molar-refractivity contribution in [3.05, 3.63) is 62.6 Å². The summed E-state index contributed by atoms with van der Waals surface area (Å²) in [5.74, 6) is -1.18. The molecule has 0 spiro atoms. The molecule has 9 nitrogen and oxygen atoms in total. The van der Waals surface area contributed by atoms with Crippen LogP contribution in [0.25, 0.3) is 32.9 Å². The third-order valence-corrected chi connectivity index (χ3v) is 11.8. The van der Waals surface area contributed by atoms with Gasteiger partial charge in [-0.15, -0.1) is 0 Å². The zero-order chi connectivity index (χ0) is 35.2. The average Bonchev–Trinajstić information content (AvgIpc) is 3.36. The summed E-state index contributed by atoms with van der Waals surface area (Å²) in [6.07, 6.45) is 0.328. The molecule has 5 atom stereocenters. The molecular formula is C35H29Cl3F3N5O4. The third-order valence-electron chi connectivity index (χ3n) is 10.7. The minimum atomic E-state index is -3.03. The number of ether oxygens (including phenoxy) is 1. The summed E-state index contributed by atoms with van der Waals surface area (Å²) in [7, 11) is 0. The fourth-order valence-electron chi connectivity index (χ4n) is 8.39. The van der Waals surface area contributed by atoms with Gasteiger partial charge in [0.2, 0.25) is 5.91 Å². The van der Waals surface area contributed by atoms with Gasteiger partial charge >= 0.3 is 12.7 Å². The van der Waals surface area contributed by atoms with E-state index < -0.39 is 42.8 Å². The van der Waals surface area contributed by atoms with Crippen LogP contribution in [0.1, 0.15) is 55.4 Å². The lowest BCUT2D eigenvalue weighted by molar-refractivity contribution is -0.160. The van der Waals surface area contributed by atoms with E-state index in [0.717, 1.165) is 0 Å². The van der Waals surface area contributed by atoms with E-state index in [-0.39, 0.29) is 76.4 Å². The van der Waals surface area contributed by atoms with Crippen molar-refractivity contribution >= 4 is 68.6 Å². The molecule has 0 radical (unpaired) electrons. The largest absolute Gasteiger partial charge is 0.465 e. The second kappa shape index (κ2) is 12.5. The molecule has 3 aliphatic heterocycles. The first-order valence-corrected chi connectivity index (χ1v) is 17.5. The minimum absolute atomic E-state index is 0.0282. The lowest BCUT2D eigenvalue weighted by Gasteiger charge is -2.40. The number of carbonyl (C=O) groups excluding carboxylic acids is 1. The van der Waals surface area contributed by atoms with Gasteiger partial charge in [0.25, 0.3) is 0 Å². The number of likely N-dealkylation sites (tertiary alicyclic amines) is 1. The molecule has 50 heavy (non-hydrogen) atoms. The summed E-state index contributed by atoms with van der Waals surface area (Å²) >= 11 is 19.8. The van der Waals surface area contributed by atoms with Gasteiger partial charge in [-0.25, -0.2) is 14.2 Å². The van der Waals surface area contributed by atoms with Crippen molar-refractivity contribution in [3.8, 4) is 17.2 Å². The number of nitrogens with zero attached hydrogens (tertiary/aromatic N) is 5. The second-order valence-corrected chi connectivity index (χ2v) is 14.7. The predicted octanol–water partition coefficient (Wildman–Crippen LogP) is 8.63. The van der Waals surface area contributed by atoms with Crippen LogP contribution in [0.4, 0.5) is 18.0 Å². The summed E-state index contributed by atoms with van der Waals surface area (Å²) < 4.78 is 50.9. The number of pyridine rings is 1. The Bertz CT molecular complexity index is 2140. The first-order chi connectivity index (χ1) is 24.0. The van der Waals surface area contributed by atoms with Crippen LogP contribution < -0.4 is 0 Å². The number of hydrogen-bond donors (Lipinski definition) is 1. The summed E-state index contributed by atoms with van der Waals surface area (Å²) in [4.78, 5) is 33.4. The van der Waals surface area contributed by atoms with E-state index in [0.29, 0.717) is 52.4 Å². The number of alkyl halides is 2. The summed E-state index contributed by atoms with van der Waals surface area (Å²) in [6.45, 7) is -2.78. The SMILES string of the molecule is N#CCCc1cc2c(nc(Cl)c3cc([C@H]4C[C@H](OC(F)F)CN4C(=O)C4CC4)n([C@H]4[C@@H]5C[C@H]4N(C(=O)O)C5)c32)c(F)c1-c1cccc(Cl)c1Cl. The van der Waals surface area contributed by atoms with Gasteiger partial charge in [0.15, 0.2) is 5.82 Å². The molecule has 4 aromatic rings. The van der Waals surface area contributed by atoms with Crippen molar-refractivity contribution in [2.24, 2.45) is 11.8 Å². The molecule has 15 heteroatoms. The lowest BCUT2D eigenvalue weighted by atomic mass is 9.79. The van der Waals surface area contributed by atoms with Gasteiger partial charge in [-0.2, -0.15) is 14.0 Å². The Morgan fingerprint density at radius 2 is 1.88 bits per heavy atom. The highest BCUT2D eigenvalue weighted by Crippen LogP contribution is 2.54. The maximum Gasteiger partial charge on any atom is 0.407 e. The van der Waals surface area contributed by atoms with Gasteiger partial charge in [0.05, 0.1) is 45.9 Å². The topological polar surface area (TPSA) is 112 Å². The van der Waals surface area contributed by atoms with Crippen LogP contribution in [0.5, 0.6) is 0 Å². The molecule has 2 amide bonds. The Hall–Kier alpha value is -3.76. The predicted molar refractivity (Wildman–Crippen MR) is 180 cm³/mol. The van der Waals surface area contributed by atoms with E-state index in [4.69, 9.17) is 39.5 Å². The molecule has 5 aliphatic rings. The fraction of sp³-hybridized carbons (Fsp3) is 0.429. The van der Waals surface area contributed by atoms with Crippen molar-refractivity contribution < 1.29 is 32.6 Å². The van der Waals surface area contributed by atoms with Gasteiger partial charge in [-0.05, 0) is 49.4 Å². The van der Waals surface area contributed by atoms with Crippen molar-refractivity contribution in [1.82, 2.24) is 19.4 Å². The van der Waals surface area contributed by atoms with Crippen LogP contribution >= 0.6 is 34.8 Å². The highest BCUT2D eigenvalue weighted by Gasteiger charge is 2.56. The summed E-state index contributed by atoms with van der Waals surface area (Å²) in [6, 6.07) is 8.99. The van der Waals surface area contributed by atoms with Crippen LogP contribution in [0.15, 0.2) is 30.3 Å². The van der Waals surface area contributed by atoms with Gasteiger partial charge in [0, 0.05) is 65.4 Å². The number of amides is 2. The van der Waals surface area contributed by atoms with E-state index in [9.17, 15) is 28.7 Å². The van der Waals surface area contributed by atoms with Crippen LogP contribution in [-0.4, -0.2) is 68.3 Å². The zero-order valence-electron chi connectivity index (χ0n) is 26.3. The van der Waals surface area contributed by atoms with E-state index >= 15 is 4.39 Å². The second-order valence-electron chi connectivity index (χ2n) is 13.5. The highest BCUT2D eigenvalue weighted by atomic mass is 35.5. The Morgan fingerprint density at radius 3 is 2.56 bits per heavy atom. The lowest BCUT2D eigenvalue weighted by Crippen LogP contribution is -2.43. The number of aryl methyl sites for hydroxylation is 1. The minimum Gasteiger partial charge on any atom is -0.465 e. The summed E-state index contributed by atoms with van der Waals surface area (Å²) in [5.41, 5.74) is 1.91. The molecule has 9 rings (SSSR count). The highest BCUT2D eigenvalue weighted by molar-refractivity contribution is 6.43. The maximum absolute atomic E-state index is 17.0. The van der Waals surface area contributed by atoms with Crippen molar-refractivity contribution in [1.29, 1.82) is 5.26 Å². The molecule has 2 aliphatic carbocycles. The molecular weight excluding hydrogens is 718 g/mol. The average molecular weight is 747 g/mol. The third kappa shape index (κ3) is 5.27. The van der Waals surface area contributed by atoms with Crippen LogP contribution in [-0.2, 0) is 16.0 Å². The molecule has 260 valence electrons. The number of benzene rings is 2. The molecule has 1 N–H and O–H groups in total. The number of hydrogen-bond acceptors (Lipinski definition) is 5. The van der Waals surface area contributed by atoms with E-state index in [1.54, 1.807) is 35.2 Å². The number of fused-ring (bicyclic) bond motifs is 4. The van der Waals surface area contributed by atoms with Gasteiger partial charge in [-0.3, -0.25) is 4.79 Å². The summed E-state index contributed by atoms with van der Waals surface area (Å²) in [5, 5.41) is 20.7. The van der Waals surface area contributed by atoms with Gasteiger partial charge < -0.3 is 24.2 Å². The number of halogens is 6. The van der Waals surface area contributed by atoms with Gasteiger partial charge in [0.1, 0.15) is 10.7 Å². The van der Waals surface area contributed by atoms with Crippen LogP contribution in [0.3, 0.4) is 0 Å². The van der Waals surface area contributed by atoms with Crippen LogP contribution in [0, 0.1) is 29.0 Å². The molecule has 5 fully saturated rings. The monoisotopic (exact) mass is 745 g/mol. The van der Waals surface area contributed by atoms with E-state index in [1.807, 2.05) is 4.57 Å². The molecule has 2 aromatic carbocycles. The quantitative estimate of drug-likeness (QED) is 0.181. The van der Waals surface area contributed by atoms with Crippen molar-refractivity contribution in [2.45, 2.75) is 69.4 Å². The molecule has 5 heterocycles. The number of carboxylic acid groups (broad SMARTS) is 1. The Kier molecular flexibility index (Phi) is 8.33. The number of rotatable bonds is 8. The molecule has 2 bridgehead atoms. The van der Waals surface area contributed by atoms with Gasteiger partial charge in [-0.1, -0.05) is 46.9 Å². The Balaban J connectivity index is 1.40. The van der Waals surface area contributed by atoms with Crippen molar-refractivity contribution in [2.75, 3.05) is 13.1 Å². The van der Waals surface area contributed by atoms with Crippen LogP contribution in [0.2, 0.25) is 15.2 Å². The standard InChI is InChI=1S/C35H29Cl3F3N5O4/c36-22-5-1-4-19(27(22)37)26-16(3-2-8-42)9-20-29(28(26)39)43-32(38)21-12-24(46(31(20)21)30-17-10-25(30)45(13-17)35(48)49)23-11-18(50-34(40)41)14-44(23)33(47)15-6-7-15/h1,4-5,9,12,15,17-18,23,25,30,34H,2-3,6-7,10-11,13-14H2,(H,48,49)/t17-,18+,23-,25-,30+/m1/s1. The Morgan fingerprint density at radius 1 is 1.10 bits per heavy atom. The maximum atomic E-state index is 17.0. The first-order valence-electron chi connectivity index (χ1n) is 16.4. The number of nitriles is 1. The normalized spacial score (nSPS) is 24.4. The fourth-order valence-corrected chi connectivity index (χ4v) is 9.02. The van der Waals surface area contributed by atoms with E-state index in [1.165, 1.54) is 4.90 Å². The smallest absolute Gasteiger partial charge is 0.407 e. The first kappa shape index (κ1) is 33.4. The molecule has 3 saturated heterocycles. The zero-order valence-corrected chi connectivity index (χ0v) is 28.5.